The second-order valence-electron chi connectivity index (χ2n) is 11.1. The number of halogens is 3. The fourth-order valence-electron chi connectivity index (χ4n) is 5.13. The van der Waals surface area contributed by atoms with E-state index >= 15 is 0 Å². The number of benzene rings is 2. The maximum absolute atomic E-state index is 14.3. The van der Waals surface area contributed by atoms with E-state index in [1.54, 1.807) is 13.8 Å². The van der Waals surface area contributed by atoms with Crippen LogP contribution in [0.3, 0.4) is 0 Å². The molecule has 1 saturated heterocycles. The molecule has 0 unspecified atom stereocenters. The van der Waals surface area contributed by atoms with Crippen molar-refractivity contribution in [3.63, 3.8) is 0 Å². The van der Waals surface area contributed by atoms with Gasteiger partial charge in [-0.3, -0.25) is 19.2 Å². The zero-order valence-corrected chi connectivity index (χ0v) is 27.0. The Kier molecular flexibility index (Phi) is 10.5. The highest BCUT2D eigenvalue weighted by Gasteiger charge is 2.40. The number of imide groups is 1. The van der Waals surface area contributed by atoms with Crippen molar-refractivity contribution in [3.05, 3.63) is 63.1 Å². The molecule has 5 rings (SSSR count). The first-order valence-corrected chi connectivity index (χ1v) is 16.7. The maximum Gasteiger partial charge on any atom is 0.427 e. The number of ketones is 3. The van der Waals surface area contributed by atoms with Gasteiger partial charge < -0.3 is 9.47 Å². The van der Waals surface area contributed by atoms with Crippen LogP contribution in [0.15, 0.2) is 46.6 Å². The lowest BCUT2D eigenvalue weighted by molar-refractivity contribution is -0.133. The average molecular weight is 683 g/mol. The normalized spacial score (nSPS) is 17.7. The van der Waals surface area contributed by atoms with E-state index in [9.17, 15) is 36.8 Å². The van der Waals surface area contributed by atoms with Gasteiger partial charge in [-0.2, -0.15) is 0 Å². The number of cyclic esters (lactones) is 1. The topological polar surface area (TPSA) is 141 Å². The molecule has 2 amide bonds. The van der Waals surface area contributed by atoms with Gasteiger partial charge in [0.05, 0.1) is 26.7 Å². The Morgan fingerprint density at radius 2 is 1.58 bits per heavy atom. The highest BCUT2D eigenvalue weighted by atomic mass is 35.5. The van der Waals surface area contributed by atoms with Crippen LogP contribution in [0.5, 0.6) is 5.75 Å². The number of Topliss-reactive ketones (excluding diaryl/α,β-unsaturated/α-hetero) is 3. The minimum absolute atomic E-state index is 0.00216. The first kappa shape index (κ1) is 34.3. The predicted octanol–water partition coefficient (Wildman–Crippen LogP) is 6.44. The molecule has 0 atom stereocenters. The summed E-state index contributed by atoms with van der Waals surface area (Å²) in [7, 11) is -3.44. The summed E-state index contributed by atoms with van der Waals surface area (Å²) in [5, 5.41) is 0.0275. The number of allylic oxidation sites excluding steroid dienone is 1. The van der Waals surface area contributed by atoms with E-state index in [0.29, 0.717) is 16.9 Å². The van der Waals surface area contributed by atoms with E-state index in [2.05, 4.69) is 0 Å². The number of carbonyl (C=O) groups excluding carboxylic acids is 5. The monoisotopic (exact) mass is 681 g/mol. The summed E-state index contributed by atoms with van der Waals surface area (Å²) in [6, 6.07) is 5.97. The zero-order valence-electron chi connectivity index (χ0n) is 24.7. The molecule has 2 aliphatic carbocycles. The molecule has 3 aliphatic rings. The summed E-state index contributed by atoms with van der Waals surface area (Å²) < 4.78 is 47.9. The molecule has 45 heavy (non-hydrogen) atoms. The van der Waals surface area contributed by atoms with Gasteiger partial charge in [-0.1, -0.05) is 23.2 Å². The van der Waals surface area contributed by atoms with E-state index in [1.165, 1.54) is 18.2 Å². The van der Waals surface area contributed by atoms with Gasteiger partial charge in [-0.05, 0) is 75.8 Å². The van der Waals surface area contributed by atoms with Crippen molar-refractivity contribution in [1.29, 1.82) is 0 Å². The molecule has 2 saturated carbocycles. The summed E-state index contributed by atoms with van der Waals surface area (Å²) in [4.78, 5) is 60.9. The molecular formula is C31H30Cl2FNO9S. The number of carbonyl (C=O) groups is 5. The first-order chi connectivity index (χ1) is 21.1. The smallest absolute Gasteiger partial charge is 0.427 e. The van der Waals surface area contributed by atoms with Crippen molar-refractivity contribution in [2.45, 2.75) is 69.8 Å². The molecular weight excluding hydrogens is 652 g/mol. The minimum Gasteiger partial charge on any atom is -0.489 e. The van der Waals surface area contributed by atoms with Gasteiger partial charge in [0, 0.05) is 30.7 Å². The fourth-order valence-corrected chi connectivity index (χ4v) is 6.31. The molecule has 2 aromatic carbocycles. The Bertz CT molecular complexity index is 1710. The van der Waals surface area contributed by atoms with E-state index in [0.717, 1.165) is 44.1 Å². The van der Waals surface area contributed by atoms with Gasteiger partial charge in [0.15, 0.2) is 32.9 Å². The standard InChI is InChI=1S/C17H17ClFNO4.C14H13ClO5S/c1-9(2)15-16(21)20(17(22)24-15)13-8-14(11(18)7-12(13)19)23-10-5-3-4-6-10;1-21(19,20)8-5-6-9(10(15)7-8)14(18)13-11(16)3-2-4-12(13)17/h7-8,10H,3-6H2,1-2H3;5-7,13H,2-4H2,1H3. The van der Waals surface area contributed by atoms with E-state index in [-0.39, 0.29) is 56.6 Å². The van der Waals surface area contributed by atoms with Crippen molar-refractivity contribution in [3.8, 4) is 5.75 Å². The van der Waals surface area contributed by atoms with Crippen LogP contribution in [-0.2, 0) is 29.0 Å². The van der Waals surface area contributed by atoms with Crippen LogP contribution < -0.4 is 9.64 Å². The molecule has 0 radical (unpaired) electrons. The highest BCUT2D eigenvalue weighted by molar-refractivity contribution is 7.90. The Balaban J connectivity index is 0.000000207. The lowest BCUT2D eigenvalue weighted by Gasteiger charge is -2.18. The Labute approximate surface area is 269 Å². The van der Waals surface area contributed by atoms with E-state index < -0.39 is 50.9 Å². The van der Waals surface area contributed by atoms with Crippen LogP contribution in [0, 0.1) is 11.7 Å². The molecule has 0 aromatic heterocycles. The third kappa shape index (κ3) is 7.62. The Hall–Kier alpha value is -3.61. The maximum atomic E-state index is 14.3. The largest absolute Gasteiger partial charge is 0.489 e. The number of anilines is 1. The molecule has 3 fully saturated rings. The minimum atomic E-state index is -3.44. The van der Waals surface area contributed by atoms with Crippen LogP contribution in [0.2, 0.25) is 10.0 Å². The molecule has 2 aromatic rings. The SMILES string of the molecule is CC(C)=C1OC(=O)N(c2cc(OC3CCCC3)c(Cl)cc2F)C1=O.CS(=O)(=O)c1ccc(C(=O)C2C(=O)CCCC2=O)c(Cl)c1. The van der Waals surface area contributed by atoms with Gasteiger partial charge in [-0.15, -0.1) is 0 Å². The number of hydrogen-bond acceptors (Lipinski definition) is 9. The lowest BCUT2D eigenvalue weighted by atomic mass is 9.82. The van der Waals surface area contributed by atoms with Crippen LogP contribution in [-0.4, -0.2) is 50.1 Å². The van der Waals surface area contributed by atoms with Crippen LogP contribution in [0.4, 0.5) is 14.9 Å². The number of ether oxygens (including phenoxy) is 2. The Morgan fingerprint density at radius 1 is 0.956 bits per heavy atom. The second-order valence-corrected chi connectivity index (χ2v) is 13.9. The summed E-state index contributed by atoms with van der Waals surface area (Å²) in [5.74, 6) is -4.10. The molecule has 240 valence electrons. The van der Waals surface area contributed by atoms with Crippen molar-refractivity contribution < 1.29 is 46.3 Å². The van der Waals surface area contributed by atoms with Crippen molar-refractivity contribution in [1.82, 2.24) is 0 Å². The highest BCUT2D eigenvalue weighted by Crippen LogP contribution is 2.37. The number of nitrogens with zero attached hydrogens (tertiary/aromatic N) is 1. The lowest BCUT2D eigenvalue weighted by Crippen LogP contribution is -2.35. The molecule has 0 spiro atoms. The molecule has 0 N–H and O–H groups in total. The molecule has 1 heterocycles. The third-order valence-corrected chi connectivity index (χ3v) is 9.17. The van der Waals surface area contributed by atoms with Crippen molar-refractivity contribution in [2.75, 3.05) is 11.2 Å². The predicted molar refractivity (Wildman–Crippen MR) is 163 cm³/mol. The quantitative estimate of drug-likeness (QED) is 0.191. The average Bonchev–Trinajstić information content (AvgIpc) is 3.57. The number of rotatable bonds is 6. The second kappa shape index (κ2) is 13.8. The first-order valence-electron chi connectivity index (χ1n) is 14.1. The van der Waals surface area contributed by atoms with Gasteiger partial charge in [0.1, 0.15) is 17.5 Å². The van der Waals surface area contributed by atoms with Crippen LogP contribution >= 0.6 is 23.2 Å². The van der Waals surface area contributed by atoms with Gasteiger partial charge in [0.2, 0.25) is 0 Å². The van der Waals surface area contributed by atoms with Crippen molar-refractivity contribution in [2.24, 2.45) is 5.92 Å². The van der Waals surface area contributed by atoms with Crippen LogP contribution in [0.1, 0.15) is 69.2 Å². The summed E-state index contributed by atoms with van der Waals surface area (Å²) in [6.45, 7) is 3.27. The number of amides is 2. The fraction of sp³-hybridized carbons (Fsp3) is 0.387. The van der Waals surface area contributed by atoms with Crippen LogP contribution in [0.25, 0.3) is 0 Å². The van der Waals surface area contributed by atoms with Gasteiger partial charge in [-0.25, -0.2) is 22.5 Å². The zero-order chi connectivity index (χ0) is 33.2. The molecule has 1 aliphatic heterocycles. The summed E-state index contributed by atoms with van der Waals surface area (Å²) in [6.07, 6.45) is 4.87. The molecule has 14 heteroatoms. The summed E-state index contributed by atoms with van der Waals surface area (Å²) >= 11 is 12.0. The number of sulfone groups is 1. The van der Waals surface area contributed by atoms with Crippen molar-refractivity contribution >= 4 is 68.1 Å². The molecule has 10 nitrogen and oxygen atoms in total. The third-order valence-electron chi connectivity index (χ3n) is 7.45. The van der Waals surface area contributed by atoms with Gasteiger partial charge >= 0.3 is 12.0 Å². The van der Waals surface area contributed by atoms with Gasteiger partial charge in [0.25, 0.3) is 0 Å². The van der Waals surface area contributed by atoms with E-state index in [4.69, 9.17) is 32.7 Å². The number of hydrogen-bond donors (Lipinski definition) is 0. The van der Waals surface area contributed by atoms with E-state index in [1.807, 2.05) is 0 Å². The molecule has 0 bridgehead atoms. The Morgan fingerprint density at radius 3 is 2.11 bits per heavy atom. The summed E-state index contributed by atoms with van der Waals surface area (Å²) in [5.41, 5.74) is 0.309.